The summed E-state index contributed by atoms with van der Waals surface area (Å²) in [5, 5.41) is 7.23. The van der Waals surface area contributed by atoms with Gasteiger partial charge in [-0.1, -0.05) is 17.7 Å². The van der Waals surface area contributed by atoms with Crippen LogP contribution in [0.4, 0.5) is 18.9 Å². The number of carbonyl (C=O) groups is 1. The molecule has 170 valence electrons. The molecule has 0 radical (unpaired) electrons. The van der Waals surface area contributed by atoms with E-state index in [0.717, 1.165) is 6.20 Å². The van der Waals surface area contributed by atoms with E-state index >= 15 is 0 Å². The maximum Gasteiger partial charge on any atom is 0.434 e. The topological polar surface area (TPSA) is 106 Å². The van der Waals surface area contributed by atoms with E-state index in [-0.39, 0.29) is 27.3 Å². The largest absolute Gasteiger partial charge is 0.434 e. The molecule has 4 heterocycles. The predicted molar refractivity (Wildman–Crippen MR) is 119 cm³/mol. The van der Waals surface area contributed by atoms with Gasteiger partial charge in [0.05, 0.1) is 34.8 Å². The van der Waals surface area contributed by atoms with Gasteiger partial charge in [0.1, 0.15) is 5.15 Å². The fourth-order valence-electron chi connectivity index (χ4n) is 3.64. The molecule has 0 atom stereocenters. The Balaban J connectivity index is 1.60. The normalized spacial score (nSPS) is 11.8. The fraction of sp³-hybridized carbons (Fsp3) is 0.0455. The standard InChI is InChI=1S/C22H12ClF3N6O2/c23-19-14-8-11(9-29-16(14)5-7-27-19)31-21(34)15-10-30-32(18(15)22(24,25)26)17-3-1-2-13-12(17)4-6-28-20(13)33/h1-10H,(H,28,33)(H,31,34). The summed E-state index contributed by atoms with van der Waals surface area (Å²) in [5.74, 6) is -1.04. The lowest BCUT2D eigenvalue weighted by atomic mass is 10.1. The van der Waals surface area contributed by atoms with Gasteiger partial charge in [-0.05, 0) is 30.3 Å². The minimum atomic E-state index is -4.93. The molecule has 4 aromatic heterocycles. The van der Waals surface area contributed by atoms with E-state index in [0.29, 0.717) is 15.6 Å². The Morgan fingerprint density at radius 1 is 1.06 bits per heavy atom. The Bertz CT molecular complexity index is 1640. The number of aromatic amines is 1. The first kappa shape index (κ1) is 21.6. The summed E-state index contributed by atoms with van der Waals surface area (Å²) >= 11 is 6.05. The summed E-state index contributed by atoms with van der Waals surface area (Å²) in [6, 6.07) is 8.83. The highest BCUT2D eigenvalue weighted by Gasteiger charge is 2.41. The van der Waals surface area contributed by atoms with Gasteiger partial charge in [0, 0.05) is 28.6 Å². The van der Waals surface area contributed by atoms with Crippen LogP contribution in [0.5, 0.6) is 0 Å². The van der Waals surface area contributed by atoms with Crippen molar-refractivity contribution in [2.75, 3.05) is 5.32 Å². The van der Waals surface area contributed by atoms with Crippen molar-refractivity contribution in [1.29, 1.82) is 0 Å². The molecule has 0 bridgehead atoms. The molecule has 8 nitrogen and oxygen atoms in total. The molecule has 0 saturated carbocycles. The molecule has 12 heteroatoms. The number of nitrogens with zero attached hydrogens (tertiary/aromatic N) is 4. The number of carbonyl (C=O) groups excluding carboxylic acids is 1. The molecule has 2 N–H and O–H groups in total. The molecular formula is C22H12ClF3N6O2. The van der Waals surface area contributed by atoms with Crippen LogP contribution in [0.25, 0.3) is 27.4 Å². The van der Waals surface area contributed by atoms with Crippen LogP contribution in [-0.2, 0) is 6.18 Å². The summed E-state index contributed by atoms with van der Waals surface area (Å²) < 4.78 is 43.0. The van der Waals surface area contributed by atoms with E-state index in [1.165, 1.54) is 48.9 Å². The first-order chi connectivity index (χ1) is 16.2. The maximum atomic E-state index is 14.1. The van der Waals surface area contributed by atoms with Crippen molar-refractivity contribution in [3.05, 3.63) is 87.9 Å². The summed E-state index contributed by atoms with van der Waals surface area (Å²) in [6.07, 6.45) is -0.0217. The van der Waals surface area contributed by atoms with Gasteiger partial charge in [-0.2, -0.15) is 18.3 Å². The van der Waals surface area contributed by atoms with Crippen molar-refractivity contribution in [2.45, 2.75) is 6.18 Å². The molecule has 0 aliphatic rings. The number of aromatic nitrogens is 5. The quantitative estimate of drug-likeness (QED) is 0.365. The van der Waals surface area contributed by atoms with Gasteiger partial charge in [-0.15, -0.1) is 0 Å². The monoisotopic (exact) mass is 484 g/mol. The van der Waals surface area contributed by atoms with Gasteiger partial charge in [0.15, 0.2) is 5.69 Å². The Labute approximate surface area is 193 Å². The molecule has 0 fully saturated rings. The first-order valence-corrected chi connectivity index (χ1v) is 10.1. The number of hydrogen-bond acceptors (Lipinski definition) is 5. The van der Waals surface area contributed by atoms with Gasteiger partial charge in [0.2, 0.25) is 0 Å². The van der Waals surface area contributed by atoms with Crippen LogP contribution in [-0.4, -0.2) is 30.6 Å². The van der Waals surface area contributed by atoms with E-state index in [9.17, 15) is 22.8 Å². The minimum Gasteiger partial charge on any atom is -0.329 e. The Morgan fingerprint density at radius 2 is 1.88 bits per heavy atom. The lowest BCUT2D eigenvalue weighted by Crippen LogP contribution is -2.21. The zero-order chi connectivity index (χ0) is 24.0. The van der Waals surface area contributed by atoms with Crippen molar-refractivity contribution in [3.63, 3.8) is 0 Å². The summed E-state index contributed by atoms with van der Waals surface area (Å²) in [6.45, 7) is 0. The SMILES string of the molecule is O=C(Nc1cnc2ccnc(Cl)c2c1)c1cnn(-c2cccc3c(=O)[nH]ccc23)c1C(F)(F)F. The van der Waals surface area contributed by atoms with Crippen molar-refractivity contribution in [3.8, 4) is 5.69 Å². The molecular weight excluding hydrogens is 473 g/mol. The summed E-state index contributed by atoms with van der Waals surface area (Å²) in [4.78, 5) is 35.5. The highest BCUT2D eigenvalue weighted by atomic mass is 35.5. The Morgan fingerprint density at radius 3 is 2.68 bits per heavy atom. The van der Waals surface area contributed by atoms with E-state index < -0.39 is 28.9 Å². The lowest BCUT2D eigenvalue weighted by molar-refractivity contribution is -0.143. The zero-order valence-electron chi connectivity index (χ0n) is 16.9. The molecule has 0 aliphatic carbocycles. The number of halogens is 4. The summed E-state index contributed by atoms with van der Waals surface area (Å²) in [5.41, 5.74) is -1.81. The third-order valence-corrected chi connectivity index (χ3v) is 5.42. The van der Waals surface area contributed by atoms with E-state index in [1.807, 2.05) is 0 Å². The van der Waals surface area contributed by atoms with E-state index in [4.69, 9.17) is 11.6 Å². The second-order valence-electron chi connectivity index (χ2n) is 7.21. The van der Waals surface area contributed by atoms with Crippen molar-refractivity contribution in [2.24, 2.45) is 0 Å². The van der Waals surface area contributed by atoms with Gasteiger partial charge in [-0.3, -0.25) is 14.6 Å². The fourth-order valence-corrected chi connectivity index (χ4v) is 3.85. The van der Waals surface area contributed by atoms with Crippen LogP contribution in [0.15, 0.2) is 66.0 Å². The second-order valence-corrected chi connectivity index (χ2v) is 7.57. The number of fused-ring (bicyclic) bond motifs is 2. The molecule has 1 amide bonds. The molecule has 5 rings (SSSR count). The third-order valence-electron chi connectivity index (χ3n) is 5.12. The minimum absolute atomic E-state index is 0.000188. The molecule has 34 heavy (non-hydrogen) atoms. The first-order valence-electron chi connectivity index (χ1n) is 9.71. The van der Waals surface area contributed by atoms with Crippen LogP contribution in [0, 0.1) is 0 Å². The third kappa shape index (κ3) is 3.65. The molecule has 0 spiro atoms. The number of alkyl halides is 3. The number of benzene rings is 1. The summed E-state index contributed by atoms with van der Waals surface area (Å²) in [7, 11) is 0. The highest BCUT2D eigenvalue weighted by Crippen LogP contribution is 2.35. The van der Waals surface area contributed by atoms with Crippen LogP contribution in [0.3, 0.4) is 0 Å². The number of pyridine rings is 3. The molecule has 0 unspecified atom stereocenters. The van der Waals surface area contributed by atoms with E-state index in [1.54, 1.807) is 6.07 Å². The zero-order valence-corrected chi connectivity index (χ0v) is 17.6. The number of rotatable bonds is 3. The molecule has 5 aromatic rings. The van der Waals surface area contributed by atoms with E-state index in [2.05, 4.69) is 25.4 Å². The van der Waals surface area contributed by atoms with Gasteiger partial charge < -0.3 is 10.3 Å². The average Bonchev–Trinajstić information content (AvgIpc) is 3.26. The van der Waals surface area contributed by atoms with Gasteiger partial charge in [0.25, 0.3) is 11.5 Å². The molecule has 0 aliphatic heterocycles. The Kier molecular flexibility index (Phi) is 5.05. The van der Waals surface area contributed by atoms with Crippen LogP contribution in [0.1, 0.15) is 16.1 Å². The molecule has 1 aromatic carbocycles. The average molecular weight is 485 g/mol. The number of H-pyrrole nitrogens is 1. The van der Waals surface area contributed by atoms with Crippen LogP contribution >= 0.6 is 11.6 Å². The Hall–Kier alpha value is -4.25. The number of anilines is 1. The van der Waals surface area contributed by atoms with Crippen molar-refractivity contribution < 1.29 is 18.0 Å². The second kappa shape index (κ2) is 7.96. The number of amides is 1. The predicted octanol–water partition coefficient (Wildman–Crippen LogP) is 4.58. The molecule has 0 saturated heterocycles. The lowest BCUT2D eigenvalue weighted by Gasteiger charge is -2.14. The number of nitrogens with one attached hydrogen (secondary N) is 2. The van der Waals surface area contributed by atoms with Crippen molar-refractivity contribution >= 4 is 44.9 Å². The highest BCUT2D eigenvalue weighted by molar-refractivity contribution is 6.34. The van der Waals surface area contributed by atoms with Crippen LogP contribution < -0.4 is 10.9 Å². The van der Waals surface area contributed by atoms with Gasteiger partial charge >= 0.3 is 6.18 Å². The van der Waals surface area contributed by atoms with Crippen molar-refractivity contribution in [1.82, 2.24) is 24.7 Å². The van der Waals surface area contributed by atoms with Crippen LogP contribution in [0.2, 0.25) is 5.15 Å². The maximum absolute atomic E-state index is 14.1. The number of hydrogen-bond donors (Lipinski definition) is 2. The van der Waals surface area contributed by atoms with Gasteiger partial charge in [-0.25, -0.2) is 9.67 Å². The smallest absolute Gasteiger partial charge is 0.329 e.